The predicted molar refractivity (Wildman–Crippen MR) is 54.8 cm³/mol. The van der Waals surface area contributed by atoms with Crippen molar-refractivity contribution in [2.75, 3.05) is 33.2 Å². The fourth-order valence-electron chi connectivity index (χ4n) is 2.23. The van der Waals surface area contributed by atoms with Gasteiger partial charge in [0.05, 0.1) is 0 Å². The van der Waals surface area contributed by atoms with E-state index in [1.165, 1.54) is 19.3 Å². The molecule has 0 radical (unpaired) electrons. The first kappa shape index (κ1) is 9.77. The van der Waals surface area contributed by atoms with Gasteiger partial charge in [-0.3, -0.25) is 5.01 Å². The van der Waals surface area contributed by atoms with Crippen molar-refractivity contribution < 1.29 is 4.79 Å². The van der Waals surface area contributed by atoms with Gasteiger partial charge in [-0.15, -0.1) is 0 Å². The van der Waals surface area contributed by atoms with Crippen molar-refractivity contribution in [1.82, 2.24) is 14.9 Å². The molecular formula is C10H19N3O. The summed E-state index contributed by atoms with van der Waals surface area (Å²) >= 11 is 0. The van der Waals surface area contributed by atoms with Crippen LogP contribution >= 0.6 is 0 Å². The first-order valence-corrected chi connectivity index (χ1v) is 5.56. The van der Waals surface area contributed by atoms with Crippen LogP contribution in [0.4, 0.5) is 4.79 Å². The minimum absolute atomic E-state index is 0.179. The number of hydrazine groups is 1. The van der Waals surface area contributed by atoms with Crippen LogP contribution in [0.3, 0.4) is 0 Å². The number of carbonyl (C=O) groups excluding carboxylic acids is 1. The molecular weight excluding hydrogens is 178 g/mol. The van der Waals surface area contributed by atoms with E-state index in [9.17, 15) is 4.79 Å². The minimum Gasteiger partial charge on any atom is -0.327 e. The number of amides is 2. The quantitative estimate of drug-likeness (QED) is 0.630. The molecule has 14 heavy (non-hydrogen) atoms. The van der Waals surface area contributed by atoms with Gasteiger partial charge in [0.25, 0.3) is 0 Å². The molecule has 2 rings (SSSR count). The molecule has 0 bridgehead atoms. The number of nitrogens with zero attached hydrogens (tertiary/aromatic N) is 3. The molecule has 2 aliphatic rings. The van der Waals surface area contributed by atoms with E-state index in [4.69, 9.17) is 0 Å². The molecule has 2 heterocycles. The van der Waals surface area contributed by atoms with E-state index in [1.54, 1.807) is 0 Å². The molecule has 0 atom stereocenters. The molecule has 0 aromatic carbocycles. The molecule has 80 valence electrons. The number of hydrogen-bond donors (Lipinski definition) is 0. The van der Waals surface area contributed by atoms with Gasteiger partial charge in [0.15, 0.2) is 0 Å². The second-order valence-electron chi connectivity index (χ2n) is 4.20. The lowest BCUT2D eigenvalue weighted by atomic mass is 10.1. The topological polar surface area (TPSA) is 26.8 Å². The Hall–Kier alpha value is -0.770. The Morgan fingerprint density at radius 3 is 2.36 bits per heavy atom. The third-order valence-corrected chi connectivity index (χ3v) is 3.08. The van der Waals surface area contributed by atoms with Crippen LogP contribution in [0.15, 0.2) is 0 Å². The number of urea groups is 1. The summed E-state index contributed by atoms with van der Waals surface area (Å²) in [5, 5.41) is 4.16. The van der Waals surface area contributed by atoms with Crippen LogP contribution in [0.25, 0.3) is 0 Å². The van der Waals surface area contributed by atoms with Crippen LogP contribution in [-0.4, -0.2) is 54.2 Å². The smallest absolute Gasteiger partial charge is 0.327 e. The summed E-state index contributed by atoms with van der Waals surface area (Å²) in [5.41, 5.74) is 0. The van der Waals surface area contributed by atoms with E-state index >= 15 is 0 Å². The van der Waals surface area contributed by atoms with Gasteiger partial charge in [0.1, 0.15) is 0 Å². The molecule has 2 amide bonds. The lowest BCUT2D eigenvalue weighted by Crippen LogP contribution is -2.56. The van der Waals surface area contributed by atoms with E-state index in [0.29, 0.717) is 0 Å². The van der Waals surface area contributed by atoms with Gasteiger partial charge in [-0.2, -0.15) is 0 Å². The summed E-state index contributed by atoms with van der Waals surface area (Å²) < 4.78 is 0. The van der Waals surface area contributed by atoms with Gasteiger partial charge in [-0.1, -0.05) is 6.42 Å². The summed E-state index contributed by atoms with van der Waals surface area (Å²) in [6.07, 6.45) is 4.87. The lowest BCUT2D eigenvalue weighted by Gasteiger charge is -2.42. The van der Waals surface area contributed by atoms with Crippen LogP contribution in [-0.2, 0) is 0 Å². The van der Waals surface area contributed by atoms with E-state index in [2.05, 4.69) is 5.01 Å². The third-order valence-electron chi connectivity index (χ3n) is 3.08. The normalized spacial score (nSPS) is 25.6. The molecule has 2 fully saturated rings. The average Bonchev–Trinajstić information content (AvgIpc) is 2.23. The molecule has 0 unspecified atom stereocenters. The highest BCUT2D eigenvalue weighted by atomic mass is 16.2. The Labute approximate surface area is 85.4 Å². The zero-order chi connectivity index (χ0) is 9.97. The van der Waals surface area contributed by atoms with Crippen LogP contribution < -0.4 is 0 Å². The third kappa shape index (κ3) is 1.85. The van der Waals surface area contributed by atoms with Gasteiger partial charge in [0, 0.05) is 33.2 Å². The molecule has 4 heteroatoms. The van der Waals surface area contributed by atoms with Gasteiger partial charge in [0.2, 0.25) is 0 Å². The Bertz CT molecular complexity index is 213. The molecule has 0 aromatic rings. The maximum absolute atomic E-state index is 11.8. The maximum atomic E-state index is 11.8. The summed E-state index contributed by atoms with van der Waals surface area (Å²) in [4.78, 5) is 13.7. The van der Waals surface area contributed by atoms with E-state index < -0.39 is 0 Å². The van der Waals surface area contributed by atoms with Gasteiger partial charge in [-0.05, 0) is 19.3 Å². The van der Waals surface area contributed by atoms with Gasteiger partial charge >= 0.3 is 6.03 Å². The number of carbonyl (C=O) groups is 1. The minimum atomic E-state index is 0.179. The largest absolute Gasteiger partial charge is 0.334 e. The maximum Gasteiger partial charge on any atom is 0.334 e. The molecule has 4 nitrogen and oxygen atoms in total. The molecule has 0 saturated carbocycles. The Morgan fingerprint density at radius 2 is 1.64 bits per heavy atom. The predicted octanol–water partition coefficient (Wildman–Crippen LogP) is 1.14. The number of rotatable bonds is 1. The summed E-state index contributed by atoms with van der Waals surface area (Å²) in [5.74, 6) is 0. The highest BCUT2D eigenvalue weighted by molar-refractivity contribution is 5.74. The van der Waals surface area contributed by atoms with Crippen molar-refractivity contribution in [3.63, 3.8) is 0 Å². The number of piperidine rings is 1. The van der Waals surface area contributed by atoms with Crippen LogP contribution in [0, 0.1) is 0 Å². The molecule has 2 saturated heterocycles. The Morgan fingerprint density at radius 1 is 0.929 bits per heavy atom. The molecule has 0 spiro atoms. The molecule has 0 N–H and O–H groups in total. The molecule has 0 aliphatic carbocycles. The van der Waals surface area contributed by atoms with Crippen molar-refractivity contribution in [2.24, 2.45) is 0 Å². The second kappa shape index (κ2) is 4.17. The molecule has 2 aliphatic heterocycles. The Balaban J connectivity index is 1.97. The van der Waals surface area contributed by atoms with Crippen LogP contribution in [0.1, 0.15) is 25.7 Å². The first-order valence-electron chi connectivity index (χ1n) is 5.56. The highest BCUT2D eigenvalue weighted by Crippen LogP contribution is 2.16. The fraction of sp³-hybridized carbons (Fsp3) is 0.900. The highest BCUT2D eigenvalue weighted by Gasteiger charge is 2.28. The first-order chi connectivity index (χ1) is 6.79. The summed E-state index contributed by atoms with van der Waals surface area (Å²) in [6.45, 7) is 3.92. The standard InChI is InChI=1S/C10H19N3O/c1-11-6-5-9-13(10(11)14)12-7-3-2-4-8-12/h2-9H2,1H3. The number of hydrogen-bond acceptors (Lipinski definition) is 2. The van der Waals surface area contributed by atoms with E-state index in [-0.39, 0.29) is 6.03 Å². The summed E-state index contributed by atoms with van der Waals surface area (Å²) in [6, 6.07) is 0.179. The summed E-state index contributed by atoms with van der Waals surface area (Å²) in [7, 11) is 1.89. The lowest BCUT2D eigenvalue weighted by molar-refractivity contribution is -0.0270. The zero-order valence-electron chi connectivity index (χ0n) is 8.91. The van der Waals surface area contributed by atoms with Crippen molar-refractivity contribution in [3.8, 4) is 0 Å². The van der Waals surface area contributed by atoms with Crippen molar-refractivity contribution in [1.29, 1.82) is 0 Å². The van der Waals surface area contributed by atoms with Crippen molar-refractivity contribution in [3.05, 3.63) is 0 Å². The second-order valence-corrected chi connectivity index (χ2v) is 4.20. The Kier molecular flexibility index (Phi) is 2.91. The van der Waals surface area contributed by atoms with Gasteiger partial charge < -0.3 is 4.90 Å². The van der Waals surface area contributed by atoms with Crippen LogP contribution in [0.5, 0.6) is 0 Å². The van der Waals surface area contributed by atoms with Gasteiger partial charge in [-0.25, -0.2) is 9.80 Å². The van der Waals surface area contributed by atoms with Crippen molar-refractivity contribution in [2.45, 2.75) is 25.7 Å². The fourth-order valence-corrected chi connectivity index (χ4v) is 2.23. The monoisotopic (exact) mass is 197 g/mol. The molecule has 0 aromatic heterocycles. The zero-order valence-corrected chi connectivity index (χ0v) is 8.91. The SMILES string of the molecule is CN1CCCN(N2CCCCC2)C1=O. The average molecular weight is 197 g/mol. The van der Waals surface area contributed by atoms with Crippen LogP contribution in [0.2, 0.25) is 0 Å². The van der Waals surface area contributed by atoms with E-state index in [1.807, 2.05) is 17.0 Å². The van der Waals surface area contributed by atoms with E-state index in [0.717, 1.165) is 32.6 Å². The van der Waals surface area contributed by atoms with Crippen molar-refractivity contribution >= 4 is 6.03 Å².